The molecular formula is C14H20ClFN2O. The highest BCUT2D eigenvalue weighted by Crippen LogP contribution is 2.22. The molecule has 0 bridgehead atoms. The number of benzene rings is 1. The minimum atomic E-state index is -0.537. The highest BCUT2D eigenvalue weighted by molar-refractivity contribution is 6.31. The number of amides is 1. The Bertz CT molecular complexity index is 439. The van der Waals surface area contributed by atoms with E-state index in [-0.39, 0.29) is 22.7 Å². The first-order valence-corrected chi connectivity index (χ1v) is 6.84. The molecule has 0 saturated heterocycles. The van der Waals surface area contributed by atoms with Crippen LogP contribution in [0, 0.1) is 5.82 Å². The number of nitrogens with one attached hydrogen (secondary N) is 2. The van der Waals surface area contributed by atoms with Crippen molar-refractivity contribution in [2.45, 2.75) is 45.7 Å². The van der Waals surface area contributed by atoms with Gasteiger partial charge >= 0.3 is 0 Å². The second kappa shape index (κ2) is 7.34. The molecule has 106 valence electrons. The summed E-state index contributed by atoms with van der Waals surface area (Å²) in [5, 5.41) is 5.74. The molecule has 2 N–H and O–H groups in total. The summed E-state index contributed by atoms with van der Waals surface area (Å²) in [4.78, 5) is 11.9. The van der Waals surface area contributed by atoms with Crippen molar-refractivity contribution in [3.63, 3.8) is 0 Å². The zero-order valence-electron chi connectivity index (χ0n) is 11.5. The molecule has 1 amide bonds. The zero-order valence-corrected chi connectivity index (χ0v) is 12.2. The Morgan fingerprint density at radius 2 is 2.11 bits per heavy atom. The maximum Gasteiger partial charge on any atom is 0.242 e. The first-order chi connectivity index (χ1) is 8.95. The van der Waals surface area contributed by atoms with Gasteiger partial charge in [-0.2, -0.15) is 0 Å². The fraction of sp³-hybridized carbons (Fsp3) is 0.500. The standard InChI is InChI=1S/C14H20ClFN2O/c1-4-6-9(2)17-14(19)10(3)18-12-8-5-7-11(15)13(12)16/h5,7-10,18H,4,6H2,1-3H3,(H,17,19). The van der Waals surface area contributed by atoms with Gasteiger partial charge in [-0.25, -0.2) is 4.39 Å². The predicted molar refractivity (Wildman–Crippen MR) is 77.0 cm³/mol. The molecule has 0 aromatic heterocycles. The van der Waals surface area contributed by atoms with E-state index in [2.05, 4.69) is 17.6 Å². The van der Waals surface area contributed by atoms with E-state index >= 15 is 0 Å². The van der Waals surface area contributed by atoms with E-state index in [0.717, 1.165) is 12.8 Å². The van der Waals surface area contributed by atoms with Crippen molar-refractivity contribution in [2.75, 3.05) is 5.32 Å². The van der Waals surface area contributed by atoms with Gasteiger partial charge in [0.15, 0.2) is 5.82 Å². The lowest BCUT2D eigenvalue weighted by molar-refractivity contribution is -0.122. The summed E-state index contributed by atoms with van der Waals surface area (Å²) >= 11 is 5.69. The van der Waals surface area contributed by atoms with Crippen LogP contribution >= 0.6 is 11.6 Å². The molecule has 0 spiro atoms. The van der Waals surface area contributed by atoms with Gasteiger partial charge in [-0.15, -0.1) is 0 Å². The van der Waals surface area contributed by atoms with Crippen molar-refractivity contribution in [1.29, 1.82) is 0 Å². The number of rotatable bonds is 6. The molecule has 0 fully saturated rings. The van der Waals surface area contributed by atoms with Crippen LogP contribution in [0.2, 0.25) is 5.02 Å². The Morgan fingerprint density at radius 3 is 2.74 bits per heavy atom. The van der Waals surface area contributed by atoms with Crippen molar-refractivity contribution < 1.29 is 9.18 Å². The molecule has 3 nitrogen and oxygen atoms in total. The van der Waals surface area contributed by atoms with Gasteiger partial charge in [-0.05, 0) is 32.4 Å². The molecule has 1 aromatic rings. The largest absolute Gasteiger partial charge is 0.371 e. The quantitative estimate of drug-likeness (QED) is 0.839. The summed E-state index contributed by atoms with van der Waals surface area (Å²) in [5.41, 5.74) is 0.235. The average Bonchev–Trinajstić information content (AvgIpc) is 2.35. The Morgan fingerprint density at radius 1 is 1.42 bits per heavy atom. The minimum Gasteiger partial charge on any atom is -0.371 e. The van der Waals surface area contributed by atoms with Gasteiger partial charge in [0.2, 0.25) is 5.91 Å². The van der Waals surface area contributed by atoms with Crippen LogP contribution in [0.1, 0.15) is 33.6 Å². The third-order valence-electron chi connectivity index (χ3n) is 2.83. The number of hydrogen-bond acceptors (Lipinski definition) is 2. The Balaban J connectivity index is 2.61. The molecule has 0 aliphatic heterocycles. The second-order valence-electron chi connectivity index (χ2n) is 4.67. The number of anilines is 1. The molecule has 0 aliphatic carbocycles. The number of carbonyl (C=O) groups excluding carboxylic acids is 1. The van der Waals surface area contributed by atoms with Crippen LogP contribution in [0.25, 0.3) is 0 Å². The Hall–Kier alpha value is -1.29. The summed E-state index contributed by atoms with van der Waals surface area (Å²) in [5.74, 6) is -0.689. The number of halogens is 2. The summed E-state index contributed by atoms with van der Waals surface area (Å²) < 4.78 is 13.7. The highest BCUT2D eigenvalue weighted by atomic mass is 35.5. The van der Waals surface area contributed by atoms with Crippen LogP contribution in [-0.2, 0) is 4.79 Å². The van der Waals surface area contributed by atoms with Crippen LogP contribution in [0.5, 0.6) is 0 Å². The molecule has 0 aliphatic rings. The topological polar surface area (TPSA) is 41.1 Å². The van der Waals surface area contributed by atoms with Crippen molar-refractivity contribution >= 4 is 23.2 Å². The van der Waals surface area contributed by atoms with Crippen molar-refractivity contribution in [2.24, 2.45) is 0 Å². The van der Waals surface area contributed by atoms with Crippen LogP contribution < -0.4 is 10.6 Å². The molecule has 5 heteroatoms. The third kappa shape index (κ3) is 4.71. The van der Waals surface area contributed by atoms with E-state index in [1.165, 1.54) is 6.07 Å². The molecule has 0 saturated carbocycles. The van der Waals surface area contributed by atoms with Crippen LogP contribution in [0.4, 0.5) is 10.1 Å². The predicted octanol–water partition coefficient (Wildman–Crippen LogP) is 3.58. The normalized spacial score (nSPS) is 13.7. The monoisotopic (exact) mass is 286 g/mol. The summed E-state index contributed by atoms with van der Waals surface area (Å²) in [7, 11) is 0. The molecule has 1 rings (SSSR count). The fourth-order valence-corrected chi connectivity index (χ4v) is 1.96. The average molecular weight is 287 g/mol. The first kappa shape index (κ1) is 15.8. The smallest absolute Gasteiger partial charge is 0.242 e. The minimum absolute atomic E-state index is 0.0389. The van der Waals surface area contributed by atoms with Gasteiger partial charge in [0.25, 0.3) is 0 Å². The maximum absolute atomic E-state index is 13.7. The van der Waals surface area contributed by atoms with E-state index < -0.39 is 11.9 Å². The maximum atomic E-state index is 13.7. The first-order valence-electron chi connectivity index (χ1n) is 6.46. The SMILES string of the molecule is CCCC(C)NC(=O)C(C)Nc1cccc(Cl)c1F. The second-order valence-corrected chi connectivity index (χ2v) is 5.07. The molecule has 1 aromatic carbocycles. The van der Waals surface area contributed by atoms with E-state index in [4.69, 9.17) is 11.6 Å². The molecule has 0 heterocycles. The fourth-order valence-electron chi connectivity index (χ4n) is 1.79. The summed E-state index contributed by atoms with van der Waals surface area (Å²) in [6.07, 6.45) is 1.93. The van der Waals surface area contributed by atoms with Gasteiger partial charge in [0, 0.05) is 6.04 Å². The van der Waals surface area contributed by atoms with E-state index in [1.807, 2.05) is 6.92 Å². The molecule has 2 unspecified atom stereocenters. The number of carbonyl (C=O) groups is 1. The Labute approximate surface area is 118 Å². The highest BCUT2D eigenvalue weighted by Gasteiger charge is 2.16. The van der Waals surface area contributed by atoms with Crippen LogP contribution in [-0.4, -0.2) is 18.0 Å². The van der Waals surface area contributed by atoms with Crippen LogP contribution in [0.3, 0.4) is 0 Å². The van der Waals surface area contributed by atoms with Crippen molar-refractivity contribution in [3.05, 3.63) is 29.0 Å². The van der Waals surface area contributed by atoms with E-state index in [1.54, 1.807) is 19.1 Å². The third-order valence-corrected chi connectivity index (χ3v) is 3.12. The molecule has 2 atom stereocenters. The van der Waals surface area contributed by atoms with E-state index in [0.29, 0.717) is 0 Å². The van der Waals surface area contributed by atoms with Gasteiger partial charge in [0.05, 0.1) is 10.7 Å². The van der Waals surface area contributed by atoms with Gasteiger partial charge < -0.3 is 10.6 Å². The van der Waals surface area contributed by atoms with Gasteiger partial charge in [-0.1, -0.05) is 31.0 Å². The molecule has 0 radical (unpaired) electrons. The zero-order chi connectivity index (χ0) is 14.4. The molecule has 19 heavy (non-hydrogen) atoms. The number of hydrogen-bond donors (Lipinski definition) is 2. The summed E-state index contributed by atoms with van der Waals surface area (Å²) in [6, 6.07) is 4.26. The van der Waals surface area contributed by atoms with Crippen LogP contribution in [0.15, 0.2) is 18.2 Å². The Kier molecular flexibility index (Phi) is 6.09. The lowest BCUT2D eigenvalue weighted by atomic mass is 10.2. The lowest BCUT2D eigenvalue weighted by Crippen LogP contribution is -2.42. The van der Waals surface area contributed by atoms with Gasteiger partial charge in [-0.3, -0.25) is 4.79 Å². The van der Waals surface area contributed by atoms with E-state index in [9.17, 15) is 9.18 Å². The van der Waals surface area contributed by atoms with Gasteiger partial charge in [0.1, 0.15) is 6.04 Å². The van der Waals surface area contributed by atoms with Crippen molar-refractivity contribution in [3.8, 4) is 0 Å². The van der Waals surface area contributed by atoms with Crippen molar-refractivity contribution in [1.82, 2.24) is 5.32 Å². The summed E-state index contributed by atoms with van der Waals surface area (Å²) in [6.45, 7) is 5.70. The molecular weight excluding hydrogens is 267 g/mol. The lowest BCUT2D eigenvalue weighted by Gasteiger charge is -2.19.